The van der Waals surface area contributed by atoms with E-state index in [1.807, 2.05) is 0 Å². The number of hydrogen-bond donors (Lipinski definition) is 0. The minimum Gasteiger partial charge on any atom is -0.381 e. The molecule has 1 unspecified atom stereocenters. The topological polar surface area (TPSA) is 29.5 Å². The van der Waals surface area contributed by atoms with Crippen LogP contribution in [0.5, 0.6) is 0 Å². The van der Waals surface area contributed by atoms with Gasteiger partial charge in [0.25, 0.3) is 0 Å². The summed E-state index contributed by atoms with van der Waals surface area (Å²) in [4.78, 5) is 14.4. The zero-order valence-corrected chi connectivity index (χ0v) is 10.4. The number of ether oxygens (including phenoxy) is 1. The van der Waals surface area contributed by atoms with Gasteiger partial charge in [0.2, 0.25) is 5.91 Å². The predicted molar refractivity (Wildman–Crippen MR) is 63.1 cm³/mol. The fraction of sp³-hybridized carbons (Fsp3) is 0.923. The van der Waals surface area contributed by atoms with E-state index < -0.39 is 0 Å². The summed E-state index contributed by atoms with van der Waals surface area (Å²) in [6, 6.07) is 0.454. The van der Waals surface area contributed by atoms with Crippen LogP contribution in [0.1, 0.15) is 39.5 Å². The van der Waals surface area contributed by atoms with Crippen molar-refractivity contribution >= 4 is 5.91 Å². The lowest BCUT2D eigenvalue weighted by Gasteiger charge is -2.31. The third-order valence-electron chi connectivity index (χ3n) is 4.20. The summed E-state index contributed by atoms with van der Waals surface area (Å²) in [5.74, 6) is 1.09. The molecule has 0 aromatic heterocycles. The van der Waals surface area contributed by atoms with Crippen LogP contribution in [0.4, 0.5) is 0 Å². The standard InChI is InChI=1S/C13H23NO2/c1-10-4-3-7-14(10)13(15)11(2)12-5-8-16-9-6-12/h10-12H,3-9H2,1-2H3/t10-,11?/m1/s1. The van der Waals surface area contributed by atoms with E-state index in [2.05, 4.69) is 18.7 Å². The van der Waals surface area contributed by atoms with Gasteiger partial charge in [-0.15, -0.1) is 0 Å². The summed E-state index contributed by atoms with van der Waals surface area (Å²) in [5.41, 5.74) is 0. The number of rotatable bonds is 2. The van der Waals surface area contributed by atoms with E-state index in [9.17, 15) is 4.79 Å². The van der Waals surface area contributed by atoms with Crippen molar-refractivity contribution in [1.82, 2.24) is 4.90 Å². The molecule has 3 heteroatoms. The van der Waals surface area contributed by atoms with Gasteiger partial charge < -0.3 is 9.64 Å². The second-order valence-electron chi connectivity index (χ2n) is 5.26. The van der Waals surface area contributed by atoms with E-state index in [-0.39, 0.29) is 5.92 Å². The quantitative estimate of drug-likeness (QED) is 0.720. The maximum absolute atomic E-state index is 12.3. The first kappa shape index (κ1) is 11.9. The van der Waals surface area contributed by atoms with Gasteiger partial charge in [-0.2, -0.15) is 0 Å². The Morgan fingerprint density at radius 2 is 2.00 bits per heavy atom. The number of carbonyl (C=O) groups is 1. The van der Waals surface area contributed by atoms with Gasteiger partial charge in [-0.05, 0) is 38.5 Å². The summed E-state index contributed by atoms with van der Waals surface area (Å²) in [6.45, 7) is 6.90. The molecule has 0 spiro atoms. The number of likely N-dealkylation sites (tertiary alicyclic amines) is 1. The average Bonchev–Trinajstić information content (AvgIpc) is 2.75. The van der Waals surface area contributed by atoms with Gasteiger partial charge in [-0.25, -0.2) is 0 Å². The van der Waals surface area contributed by atoms with Crippen LogP contribution in [0.3, 0.4) is 0 Å². The highest BCUT2D eigenvalue weighted by Gasteiger charge is 2.33. The molecule has 2 rings (SSSR count). The van der Waals surface area contributed by atoms with Crippen molar-refractivity contribution in [3.8, 4) is 0 Å². The van der Waals surface area contributed by atoms with Crippen molar-refractivity contribution in [1.29, 1.82) is 0 Å². The number of hydrogen-bond acceptors (Lipinski definition) is 2. The zero-order chi connectivity index (χ0) is 11.5. The lowest BCUT2D eigenvalue weighted by molar-refractivity contribution is -0.138. The van der Waals surface area contributed by atoms with Crippen molar-refractivity contribution in [2.24, 2.45) is 11.8 Å². The first-order chi connectivity index (χ1) is 7.70. The third kappa shape index (κ3) is 2.40. The monoisotopic (exact) mass is 225 g/mol. The van der Waals surface area contributed by atoms with Crippen LogP contribution in [0.15, 0.2) is 0 Å². The maximum Gasteiger partial charge on any atom is 0.225 e. The van der Waals surface area contributed by atoms with E-state index in [4.69, 9.17) is 4.74 Å². The molecular weight excluding hydrogens is 202 g/mol. The van der Waals surface area contributed by atoms with Crippen LogP contribution in [0, 0.1) is 11.8 Å². The fourth-order valence-corrected chi connectivity index (χ4v) is 2.94. The van der Waals surface area contributed by atoms with Crippen molar-refractivity contribution in [2.75, 3.05) is 19.8 Å². The molecule has 2 saturated heterocycles. The normalized spacial score (nSPS) is 29.4. The van der Waals surface area contributed by atoms with E-state index in [0.29, 0.717) is 17.9 Å². The minimum absolute atomic E-state index is 0.185. The van der Waals surface area contributed by atoms with E-state index in [1.54, 1.807) is 0 Å². The van der Waals surface area contributed by atoms with Crippen molar-refractivity contribution < 1.29 is 9.53 Å². The van der Waals surface area contributed by atoms with E-state index >= 15 is 0 Å². The van der Waals surface area contributed by atoms with Gasteiger partial charge in [-0.3, -0.25) is 4.79 Å². The smallest absolute Gasteiger partial charge is 0.225 e. The Bertz CT molecular complexity index is 248. The molecule has 2 atom stereocenters. The molecule has 0 aromatic rings. The van der Waals surface area contributed by atoms with Crippen molar-refractivity contribution in [2.45, 2.75) is 45.6 Å². The van der Waals surface area contributed by atoms with Gasteiger partial charge >= 0.3 is 0 Å². The van der Waals surface area contributed by atoms with Gasteiger partial charge in [0, 0.05) is 31.7 Å². The van der Waals surface area contributed by atoms with Crippen molar-refractivity contribution in [3.63, 3.8) is 0 Å². The Morgan fingerprint density at radius 1 is 1.31 bits per heavy atom. The molecule has 0 aromatic carbocycles. The molecule has 0 bridgehead atoms. The van der Waals surface area contributed by atoms with Crippen LogP contribution < -0.4 is 0 Å². The van der Waals surface area contributed by atoms with Crippen LogP contribution in [0.25, 0.3) is 0 Å². The molecule has 0 N–H and O–H groups in total. The third-order valence-corrected chi connectivity index (χ3v) is 4.20. The van der Waals surface area contributed by atoms with Gasteiger partial charge in [-0.1, -0.05) is 6.92 Å². The predicted octanol–water partition coefficient (Wildman–Crippen LogP) is 2.06. The Morgan fingerprint density at radius 3 is 2.56 bits per heavy atom. The maximum atomic E-state index is 12.3. The molecule has 0 radical (unpaired) electrons. The van der Waals surface area contributed by atoms with Crippen LogP contribution in [-0.2, 0) is 9.53 Å². The number of nitrogens with zero attached hydrogens (tertiary/aromatic N) is 1. The summed E-state index contributed by atoms with van der Waals surface area (Å²) in [7, 11) is 0. The molecule has 1 amide bonds. The number of amides is 1. The van der Waals surface area contributed by atoms with Crippen molar-refractivity contribution in [3.05, 3.63) is 0 Å². The van der Waals surface area contributed by atoms with Crippen LogP contribution >= 0.6 is 0 Å². The Hall–Kier alpha value is -0.570. The summed E-state index contributed by atoms with van der Waals surface area (Å²) in [5, 5.41) is 0. The Labute approximate surface area is 98.1 Å². The molecular formula is C13H23NO2. The highest BCUT2D eigenvalue weighted by Crippen LogP contribution is 2.28. The molecule has 2 fully saturated rings. The fourth-order valence-electron chi connectivity index (χ4n) is 2.94. The highest BCUT2D eigenvalue weighted by molar-refractivity contribution is 5.79. The Kier molecular flexibility index (Phi) is 3.85. The lowest BCUT2D eigenvalue weighted by Crippen LogP contribution is -2.40. The van der Waals surface area contributed by atoms with E-state index in [1.165, 1.54) is 12.8 Å². The molecule has 2 heterocycles. The zero-order valence-electron chi connectivity index (χ0n) is 10.4. The molecule has 2 aliphatic heterocycles. The van der Waals surface area contributed by atoms with Gasteiger partial charge in [0.1, 0.15) is 0 Å². The summed E-state index contributed by atoms with van der Waals surface area (Å²) < 4.78 is 5.35. The van der Waals surface area contributed by atoms with Crippen LogP contribution in [-0.4, -0.2) is 36.6 Å². The summed E-state index contributed by atoms with van der Waals surface area (Å²) >= 11 is 0. The molecule has 3 nitrogen and oxygen atoms in total. The molecule has 2 aliphatic rings. The Balaban J connectivity index is 1.92. The second-order valence-corrected chi connectivity index (χ2v) is 5.26. The second kappa shape index (κ2) is 5.17. The number of carbonyl (C=O) groups excluding carboxylic acids is 1. The lowest BCUT2D eigenvalue weighted by atomic mass is 9.86. The average molecular weight is 225 g/mol. The molecule has 0 aliphatic carbocycles. The van der Waals surface area contributed by atoms with Gasteiger partial charge in [0.05, 0.1) is 0 Å². The van der Waals surface area contributed by atoms with Gasteiger partial charge in [0.15, 0.2) is 0 Å². The molecule has 0 saturated carbocycles. The molecule has 16 heavy (non-hydrogen) atoms. The first-order valence-corrected chi connectivity index (χ1v) is 6.58. The summed E-state index contributed by atoms with van der Waals surface area (Å²) in [6.07, 6.45) is 4.45. The first-order valence-electron chi connectivity index (χ1n) is 6.58. The minimum atomic E-state index is 0.185. The van der Waals surface area contributed by atoms with E-state index in [0.717, 1.165) is 32.6 Å². The highest BCUT2D eigenvalue weighted by atomic mass is 16.5. The molecule has 92 valence electrons. The van der Waals surface area contributed by atoms with Crippen LogP contribution in [0.2, 0.25) is 0 Å². The SMILES string of the molecule is CC(C(=O)N1CCC[C@H]1C)C1CCOCC1. The largest absolute Gasteiger partial charge is 0.381 e.